The lowest BCUT2D eigenvalue weighted by atomic mass is 10.2. The van der Waals surface area contributed by atoms with E-state index in [0.717, 1.165) is 28.1 Å². The summed E-state index contributed by atoms with van der Waals surface area (Å²) in [5, 5.41) is 4.14. The van der Waals surface area contributed by atoms with Crippen molar-refractivity contribution in [3.05, 3.63) is 39.0 Å². The monoisotopic (exact) mass is 445 g/mol. The van der Waals surface area contributed by atoms with Crippen LogP contribution in [0, 0.1) is 13.8 Å². The molecular formula is C21H23N3O4S2. The highest BCUT2D eigenvalue weighted by Crippen LogP contribution is 2.34. The fraction of sp³-hybridized carbons (Fsp3) is 0.381. The van der Waals surface area contributed by atoms with E-state index in [0.29, 0.717) is 34.3 Å². The SMILES string of the molecule is CCCCn1c(SCC(=O)Nc2ccc3c(c2)OCO3)nc2sc(C)c(C)c2c1=O. The molecule has 0 saturated carbocycles. The molecule has 1 N–H and O–H groups in total. The summed E-state index contributed by atoms with van der Waals surface area (Å²) in [7, 11) is 0. The van der Waals surface area contributed by atoms with Gasteiger partial charge in [-0.15, -0.1) is 11.3 Å². The van der Waals surface area contributed by atoms with Crippen molar-refractivity contribution in [1.82, 2.24) is 9.55 Å². The highest BCUT2D eigenvalue weighted by molar-refractivity contribution is 7.99. The molecule has 0 atom stereocenters. The molecule has 2 aromatic heterocycles. The fourth-order valence-electron chi connectivity index (χ4n) is 3.23. The Morgan fingerprint density at radius 3 is 2.90 bits per heavy atom. The minimum absolute atomic E-state index is 0.0195. The molecule has 7 nitrogen and oxygen atoms in total. The van der Waals surface area contributed by atoms with Crippen molar-refractivity contribution in [2.24, 2.45) is 0 Å². The number of benzene rings is 1. The molecule has 9 heteroatoms. The van der Waals surface area contributed by atoms with Gasteiger partial charge in [0.25, 0.3) is 5.56 Å². The van der Waals surface area contributed by atoms with Crippen LogP contribution in [0.5, 0.6) is 11.5 Å². The van der Waals surface area contributed by atoms with Crippen LogP contribution in [0.15, 0.2) is 28.2 Å². The van der Waals surface area contributed by atoms with Crippen molar-refractivity contribution < 1.29 is 14.3 Å². The first kappa shape index (κ1) is 20.7. The third-order valence-electron chi connectivity index (χ3n) is 4.98. The molecule has 0 aliphatic carbocycles. The predicted octanol–water partition coefficient (Wildman–Crippen LogP) is 4.33. The highest BCUT2D eigenvalue weighted by atomic mass is 32.2. The second-order valence-electron chi connectivity index (χ2n) is 7.07. The van der Waals surface area contributed by atoms with Gasteiger partial charge >= 0.3 is 0 Å². The third-order valence-corrected chi connectivity index (χ3v) is 7.06. The summed E-state index contributed by atoms with van der Waals surface area (Å²) in [5.74, 6) is 1.27. The van der Waals surface area contributed by atoms with E-state index in [9.17, 15) is 9.59 Å². The van der Waals surface area contributed by atoms with Gasteiger partial charge < -0.3 is 14.8 Å². The van der Waals surface area contributed by atoms with Crippen LogP contribution in [-0.4, -0.2) is 28.0 Å². The lowest BCUT2D eigenvalue weighted by Gasteiger charge is -2.12. The number of thiophene rings is 1. The summed E-state index contributed by atoms with van der Waals surface area (Å²) >= 11 is 2.81. The van der Waals surface area contributed by atoms with Crippen LogP contribution in [0.4, 0.5) is 5.69 Å². The first-order valence-electron chi connectivity index (χ1n) is 9.80. The summed E-state index contributed by atoms with van der Waals surface area (Å²) in [6, 6.07) is 5.28. The Labute approximate surface area is 182 Å². The van der Waals surface area contributed by atoms with Crippen LogP contribution in [0.2, 0.25) is 0 Å². The van der Waals surface area contributed by atoms with E-state index in [1.165, 1.54) is 23.1 Å². The number of nitrogens with zero attached hydrogens (tertiary/aromatic N) is 2. The normalized spacial score (nSPS) is 12.5. The van der Waals surface area contributed by atoms with Crippen molar-refractivity contribution in [1.29, 1.82) is 0 Å². The van der Waals surface area contributed by atoms with E-state index >= 15 is 0 Å². The van der Waals surface area contributed by atoms with Crippen molar-refractivity contribution >= 4 is 44.9 Å². The molecule has 4 rings (SSSR count). The predicted molar refractivity (Wildman–Crippen MR) is 120 cm³/mol. The minimum Gasteiger partial charge on any atom is -0.454 e. The standard InChI is InChI=1S/C21H23N3O4S2/c1-4-5-8-24-20(26)18-12(2)13(3)30-19(18)23-21(24)29-10-17(25)22-14-6-7-15-16(9-14)28-11-27-15/h6-7,9H,4-5,8,10-11H2,1-3H3,(H,22,25). The van der Waals surface area contributed by atoms with Gasteiger partial charge in [-0.05, 0) is 38.0 Å². The number of amides is 1. The quantitative estimate of drug-likeness (QED) is 0.430. The number of carbonyl (C=O) groups is 1. The van der Waals surface area contributed by atoms with Gasteiger partial charge in [0, 0.05) is 23.2 Å². The fourth-order valence-corrected chi connectivity index (χ4v) is 5.13. The number of nitrogens with one attached hydrogen (secondary N) is 1. The summed E-state index contributed by atoms with van der Waals surface area (Å²) < 4.78 is 12.3. The maximum absolute atomic E-state index is 13.1. The summed E-state index contributed by atoms with van der Waals surface area (Å²) in [4.78, 5) is 32.2. The van der Waals surface area contributed by atoms with Gasteiger partial charge in [0.15, 0.2) is 16.7 Å². The molecule has 1 aliphatic rings. The van der Waals surface area contributed by atoms with Gasteiger partial charge in [-0.2, -0.15) is 0 Å². The zero-order valence-corrected chi connectivity index (χ0v) is 18.7. The van der Waals surface area contributed by atoms with Gasteiger partial charge in [-0.3, -0.25) is 14.2 Å². The lowest BCUT2D eigenvalue weighted by Crippen LogP contribution is -2.24. The Hall–Kier alpha value is -2.52. The number of hydrogen-bond acceptors (Lipinski definition) is 7. The molecule has 0 spiro atoms. The molecule has 1 amide bonds. The number of hydrogen-bond donors (Lipinski definition) is 1. The van der Waals surface area contributed by atoms with Gasteiger partial charge in [-0.1, -0.05) is 25.1 Å². The molecule has 1 aliphatic heterocycles. The van der Waals surface area contributed by atoms with Crippen molar-refractivity contribution in [3.63, 3.8) is 0 Å². The summed E-state index contributed by atoms with van der Waals surface area (Å²) in [6.45, 7) is 6.84. The number of ether oxygens (including phenoxy) is 2. The maximum Gasteiger partial charge on any atom is 0.263 e. The Morgan fingerprint density at radius 1 is 1.30 bits per heavy atom. The van der Waals surface area contributed by atoms with Gasteiger partial charge in [0.05, 0.1) is 11.1 Å². The Balaban J connectivity index is 1.53. The Kier molecular flexibility index (Phi) is 6.01. The zero-order chi connectivity index (χ0) is 21.3. The molecule has 158 valence electrons. The average Bonchev–Trinajstić information content (AvgIpc) is 3.29. The van der Waals surface area contributed by atoms with E-state index in [2.05, 4.69) is 12.2 Å². The molecular weight excluding hydrogens is 422 g/mol. The van der Waals surface area contributed by atoms with Gasteiger partial charge in [0.2, 0.25) is 12.7 Å². The highest BCUT2D eigenvalue weighted by Gasteiger charge is 2.18. The van der Waals surface area contributed by atoms with E-state index in [1.54, 1.807) is 22.8 Å². The summed E-state index contributed by atoms with van der Waals surface area (Å²) in [5.41, 5.74) is 1.62. The van der Waals surface area contributed by atoms with Crippen LogP contribution >= 0.6 is 23.1 Å². The first-order valence-corrected chi connectivity index (χ1v) is 11.6. The number of anilines is 1. The van der Waals surface area contributed by atoms with Crippen LogP contribution in [0.3, 0.4) is 0 Å². The van der Waals surface area contributed by atoms with Crippen molar-refractivity contribution in [3.8, 4) is 11.5 Å². The van der Waals surface area contributed by atoms with E-state index in [1.807, 2.05) is 13.8 Å². The van der Waals surface area contributed by atoms with E-state index < -0.39 is 0 Å². The second-order valence-corrected chi connectivity index (χ2v) is 9.22. The largest absolute Gasteiger partial charge is 0.454 e. The van der Waals surface area contributed by atoms with Crippen molar-refractivity contribution in [2.45, 2.75) is 45.3 Å². The number of carbonyl (C=O) groups excluding carboxylic acids is 1. The van der Waals surface area contributed by atoms with Crippen LogP contribution in [0.25, 0.3) is 10.2 Å². The first-order chi connectivity index (χ1) is 14.5. The molecule has 0 unspecified atom stereocenters. The molecule has 0 fully saturated rings. The van der Waals surface area contributed by atoms with Crippen molar-refractivity contribution in [2.75, 3.05) is 17.9 Å². The zero-order valence-electron chi connectivity index (χ0n) is 17.1. The minimum atomic E-state index is -0.172. The molecule has 1 aromatic carbocycles. The number of thioether (sulfide) groups is 1. The van der Waals surface area contributed by atoms with Crippen LogP contribution < -0.4 is 20.3 Å². The number of rotatable bonds is 7. The number of fused-ring (bicyclic) bond motifs is 2. The topological polar surface area (TPSA) is 82.5 Å². The number of aromatic nitrogens is 2. The summed E-state index contributed by atoms with van der Waals surface area (Å²) in [6.07, 6.45) is 1.85. The smallest absolute Gasteiger partial charge is 0.263 e. The number of unbranched alkanes of at least 4 members (excludes halogenated alkanes) is 1. The Morgan fingerprint density at radius 2 is 2.10 bits per heavy atom. The molecule has 0 saturated heterocycles. The molecule has 3 aromatic rings. The Bertz CT molecular complexity index is 1170. The molecule has 0 bridgehead atoms. The lowest BCUT2D eigenvalue weighted by molar-refractivity contribution is -0.113. The van der Waals surface area contributed by atoms with Gasteiger partial charge in [0.1, 0.15) is 4.83 Å². The van der Waals surface area contributed by atoms with Crippen LogP contribution in [0.1, 0.15) is 30.2 Å². The van der Waals surface area contributed by atoms with E-state index in [-0.39, 0.29) is 24.0 Å². The van der Waals surface area contributed by atoms with E-state index in [4.69, 9.17) is 14.5 Å². The second kappa shape index (κ2) is 8.69. The van der Waals surface area contributed by atoms with Gasteiger partial charge in [-0.25, -0.2) is 4.98 Å². The molecule has 30 heavy (non-hydrogen) atoms. The molecule has 0 radical (unpaired) electrons. The number of aryl methyl sites for hydroxylation is 2. The average molecular weight is 446 g/mol. The maximum atomic E-state index is 13.1. The molecule has 3 heterocycles. The van der Waals surface area contributed by atoms with Crippen LogP contribution in [-0.2, 0) is 11.3 Å². The third kappa shape index (κ3) is 4.04.